The number of hydrogen-bond donors (Lipinski definition) is 0. The summed E-state index contributed by atoms with van der Waals surface area (Å²) in [5.74, 6) is 0.607. The van der Waals surface area contributed by atoms with Gasteiger partial charge >= 0.3 is 6.09 Å². The number of hydrogen-bond acceptors (Lipinski definition) is 2. The van der Waals surface area contributed by atoms with Crippen LogP contribution in [-0.2, 0) is 0 Å². The van der Waals surface area contributed by atoms with Gasteiger partial charge in [-0.3, -0.25) is 0 Å². The zero-order valence-corrected chi connectivity index (χ0v) is 12.7. The highest BCUT2D eigenvalue weighted by molar-refractivity contribution is 9.10. The van der Waals surface area contributed by atoms with Crippen LogP contribution in [-0.4, -0.2) is 24.1 Å². The first kappa shape index (κ1) is 13.4. The van der Waals surface area contributed by atoms with E-state index in [1.807, 2.05) is 36.4 Å². The summed E-state index contributed by atoms with van der Waals surface area (Å²) in [5, 5.41) is 2.19. The van der Waals surface area contributed by atoms with E-state index in [-0.39, 0.29) is 6.09 Å². The number of piperidine rings is 1. The molecule has 1 fully saturated rings. The summed E-state index contributed by atoms with van der Waals surface area (Å²) in [7, 11) is 0. The van der Waals surface area contributed by atoms with Crippen LogP contribution in [0.15, 0.2) is 40.9 Å². The van der Waals surface area contributed by atoms with E-state index in [9.17, 15) is 4.79 Å². The first-order chi connectivity index (χ1) is 9.72. The fourth-order valence-corrected chi connectivity index (χ4v) is 2.88. The van der Waals surface area contributed by atoms with Crippen LogP contribution in [0.3, 0.4) is 0 Å². The molecular formula is C16H16BrNO2. The van der Waals surface area contributed by atoms with Crippen molar-refractivity contribution in [1.29, 1.82) is 0 Å². The van der Waals surface area contributed by atoms with Crippen LogP contribution in [0.25, 0.3) is 10.8 Å². The van der Waals surface area contributed by atoms with E-state index in [1.54, 1.807) is 4.90 Å². The molecule has 0 spiro atoms. The quantitative estimate of drug-likeness (QED) is 0.764. The molecule has 3 nitrogen and oxygen atoms in total. The zero-order chi connectivity index (χ0) is 13.9. The third-order valence-electron chi connectivity index (χ3n) is 3.59. The second-order valence-electron chi connectivity index (χ2n) is 5.07. The van der Waals surface area contributed by atoms with Crippen molar-refractivity contribution in [2.75, 3.05) is 13.1 Å². The minimum atomic E-state index is -0.235. The van der Waals surface area contributed by atoms with Gasteiger partial charge in [-0.25, -0.2) is 4.79 Å². The Morgan fingerprint density at radius 3 is 2.50 bits per heavy atom. The van der Waals surface area contributed by atoms with Gasteiger partial charge in [0.15, 0.2) is 0 Å². The summed E-state index contributed by atoms with van der Waals surface area (Å²) in [6, 6.07) is 11.8. The number of likely N-dealkylation sites (tertiary alicyclic amines) is 1. The molecule has 20 heavy (non-hydrogen) atoms. The number of ether oxygens (including phenoxy) is 1. The first-order valence-corrected chi connectivity index (χ1v) is 7.68. The molecule has 0 bridgehead atoms. The van der Waals surface area contributed by atoms with Crippen LogP contribution in [0.1, 0.15) is 19.3 Å². The Kier molecular flexibility index (Phi) is 3.92. The third-order valence-corrected chi connectivity index (χ3v) is 4.09. The molecule has 0 aromatic heterocycles. The second-order valence-corrected chi connectivity index (χ2v) is 5.98. The topological polar surface area (TPSA) is 29.5 Å². The van der Waals surface area contributed by atoms with E-state index in [4.69, 9.17) is 4.74 Å². The van der Waals surface area contributed by atoms with Crippen LogP contribution in [0.4, 0.5) is 4.79 Å². The summed E-state index contributed by atoms with van der Waals surface area (Å²) in [6.07, 6.45) is 3.11. The SMILES string of the molecule is O=C(Oc1ccc2cc(Br)ccc2c1)N1CCCCC1. The normalized spacial score (nSPS) is 15.3. The maximum absolute atomic E-state index is 12.1. The van der Waals surface area contributed by atoms with Gasteiger partial charge in [-0.2, -0.15) is 0 Å². The highest BCUT2D eigenvalue weighted by Crippen LogP contribution is 2.24. The monoisotopic (exact) mass is 333 g/mol. The molecule has 0 atom stereocenters. The van der Waals surface area contributed by atoms with Gasteiger partial charge in [0.1, 0.15) is 5.75 Å². The van der Waals surface area contributed by atoms with Crippen molar-refractivity contribution < 1.29 is 9.53 Å². The number of carbonyl (C=O) groups excluding carboxylic acids is 1. The van der Waals surface area contributed by atoms with Gasteiger partial charge in [-0.1, -0.05) is 28.1 Å². The molecule has 1 aliphatic rings. The van der Waals surface area contributed by atoms with Gasteiger partial charge in [-0.05, 0) is 54.3 Å². The molecule has 0 aliphatic carbocycles. The maximum Gasteiger partial charge on any atom is 0.415 e. The van der Waals surface area contributed by atoms with E-state index in [1.165, 1.54) is 6.42 Å². The van der Waals surface area contributed by atoms with Crippen LogP contribution in [0.2, 0.25) is 0 Å². The smallest absolute Gasteiger partial charge is 0.410 e. The van der Waals surface area contributed by atoms with Crippen molar-refractivity contribution in [1.82, 2.24) is 4.90 Å². The lowest BCUT2D eigenvalue weighted by molar-refractivity contribution is 0.142. The molecular weight excluding hydrogens is 318 g/mol. The maximum atomic E-state index is 12.1. The van der Waals surface area contributed by atoms with Crippen molar-refractivity contribution in [3.63, 3.8) is 0 Å². The summed E-state index contributed by atoms with van der Waals surface area (Å²) in [4.78, 5) is 13.8. The van der Waals surface area contributed by atoms with E-state index < -0.39 is 0 Å². The molecule has 0 N–H and O–H groups in total. The second kappa shape index (κ2) is 5.83. The van der Waals surface area contributed by atoms with Crippen LogP contribution in [0, 0.1) is 0 Å². The van der Waals surface area contributed by atoms with Crippen LogP contribution in [0.5, 0.6) is 5.75 Å². The molecule has 1 aliphatic heterocycles. The standard InChI is InChI=1S/C16H16BrNO2/c17-14-6-4-13-11-15(7-5-12(13)10-14)20-16(19)18-8-2-1-3-9-18/h4-7,10-11H,1-3,8-9H2. The van der Waals surface area contributed by atoms with Crippen LogP contribution >= 0.6 is 15.9 Å². The average Bonchev–Trinajstić information content (AvgIpc) is 2.48. The molecule has 1 saturated heterocycles. The van der Waals surface area contributed by atoms with Crippen molar-refractivity contribution >= 4 is 32.8 Å². The van der Waals surface area contributed by atoms with Gasteiger partial charge in [-0.15, -0.1) is 0 Å². The average molecular weight is 334 g/mol. The molecule has 2 aromatic rings. The van der Waals surface area contributed by atoms with E-state index >= 15 is 0 Å². The molecule has 1 heterocycles. The van der Waals surface area contributed by atoms with Crippen molar-refractivity contribution in [3.05, 3.63) is 40.9 Å². The fraction of sp³-hybridized carbons (Fsp3) is 0.312. The van der Waals surface area contributed by atoms with E-state index in [0.717, 1.165) is 41.2 Å². The van der Waals surface area contributed by atoms with Crippen LogP contribution < -0.4 is 4.74 Å². The molecule has 4 heteroatoms. The molecule has 3 rings (SSSR count). The lowest BCUT2D eigenvalue weighted by Gasteiger charge is -2.25. The van der Waals surface area contributed by atoms with Gasteiger partial charge in [0, 0.05) is 17.6 Å². The minimum Gasteiger partial charge on any atom is -0.410 e. The lowest BCUT2D eigenvalue weighted by atomic mass is 10.1. The number of rotatable bonds is 1. The molecule has 1 amide bonds. The van der Waals surface area contributed by atoms with Gasteiger partial charge in [0.25, 0.3) is 0 Å². The Hall–Kier alpha value is -1.55. The highest BCUT2D eigenvalue weighted by atomic mass is 79.9. The van der Waals surface area contributed by atoms with Gasteiger partial charge < -0.3 is 9.64 Å². The number of fused-ring (bicyclic) bond motifs is 1. The third kappa shape index (κ3) is 2.96. The van der Waals surface area contributed by atoms with E-state index in [2.05, 4.69) is 15.9 Å². The Morgan fingerprint density at radius 2 is 1.70 bits per heavy atom. The zero-order valence-electron chi connectivity index (χ0n) is 11.1. The summed E-state index contributed by atoms with van der Waals surface area (Å²) in [5.41, 5.74) is 0. The lowest BCUT2D eigenvalue weighted by Crippen LogP contribution is -2.37. The minimum absolute atomic E-state index is 0.235. The fourth-order valence-electron chi connectivity index (χ4n) is 2.50. The predicted molar refractivity (Wildman–Crippen MR) is 83.1 cm³/mol. The summed E-state index contributed by atoms with van der Waals surface area (Å²) >= 11 is 3.45. The number of nitrogens with zero attached hydrogens (tertiary/aromatic N) is 1. The highest BCUT2D eigenvalue weighted by Gasteiger charge is 2.18. The summed E-state index contributed by atoms with van der Waals surface area (Å²) in [6.45, 7) is 1.61. The molecule has 0 unspecified atom stereocenters. The van der Waals surface area contributed by atoms with Crippen molar-refractivity contribution in [2.45, 2.75) is 19.3 Å². The predicted octanol–water partition coefficient (Wildman–Crippen LogP) is 4.59. The van der Waals surface area contributed by atoms with E-state index in [0.29, 0.717) is 5.75 Å². The first-order valence-electron chi connectivity index (χ1n) is 6.88. The Balaban J connectivity index is 1.76. The molecule has 0 radical (unpaired) electrons. The number of amides is 1. The van der Waals surface area contributed by atoms with Gasteiger partial charge in [0.2, 0.25) is 0 Å². The Labute approximate surface area is 126 Å². The molecule has 104 valence electrons. The Morgan fingerprint density at radius 1 is 1.00 bits per heavy atom. The number of carbonyl (C=O) groups is 1. The number of halogens is 1. The van der Waals surface area contributed by atoms with Crippen molar-refractivity contribution in [3.8, 4) is 5.75 Å². The number of benzene rings is 2. The summed E-state index contributed by atoms with van der Waals surface area (Å²) < 4.78 is 6.51. The van der Waals surface area contributed by atoms with Gasteiger partial charge in [0.05, 0.1) is 0 Å². The largest absolute Gasteiger partial charge is 0.415 e. The van der Waals surface area contributed by atoms with Crippen molar-refractivity contribution in [2.24, 2.45) is 0 Å². The Bertz CT molecular complexity index is 635. The molecule has 0 saturated carbocycles. The molecule has 2 aromatic carbocycles.